The Hall–Kier alpha value is -1.69. The molecule has 1 saturated carbocycles. The average molecular weight is 349 g/mol. The van der Waals surface area contributed by atoms with E-state index in [1.165, 1.54) is 0 Å². The molecule has 110 valence electrons. The molecular formula is C15H17BrN4O. The van der Waals surface area contributed by atoms with E-state index in [9.17, 15) is 4.79 Å². The minimum Gasteiger partial charge on any atom is -0.352 e. The summed E-state index contributed by atoms with van der Waals surface area (Å²) in [5.74, 6) is 1.18. The Balaban J connectivity index is 1.74. The molecule has 5 nitrogen and oxygen atoms in total. The number of carbonyl (C=O) groups excluding carboxylic acids is 1. The van der Waals surface area contributed by atoms with Crippen LogP contribution in [0, 0.1) is 0 Å². The monoisotopic (exact) mass is 348 g/mol. The highest BCUT2D eigenvalue weighted by molar-refractivity contribution is 9.10. The van der Waals surface area contributed by atoms with Crippen LogP contribution in [0.3, 0.4) is 0 Å². The zero-order valence-corrected chi connectivity index (χ0v) is 13.7. The van der Waals surface area contributed by atoms with E-state index in [0.717, 1.165) is 28.8 Å². The predicted molar refractivity (Wildman–Crippen MR) is 82.9 cm³/mol. The van der Waals surface area contributed by atoms with Crippen LogP contribution in [0.4, 0.5) is 0 Å². The molecule has 1 amide bonds. The van der Waals surface area contributed by atoms with Crippen LogP contribution in [0.1, 0.15) is 40.8 Å². The van der Waals surface area contributed by atoms with Gasteiger partial charge in [-0.05, 0) is 40.9 Å². The minimum atomic E-state index is -0.0726. The molecule has 0 radical (unpaired) electrons. The van der Waals surface area contributed by atoms with Gasteiger partial charge in [-0.3, -0.25) is 4.79 Å². The standard InChI is InChI=1S/C15H17BrN4O/c1-19-8-11(16)7-12(19)9-20(2)15(21)13-5-6-17-14(18-13)10-3-4-10/h5-8,10H,3-4,9H2,1-2H3. The molecule has 6 heteroatoms. The first-order valence-electron chi connectivity index (χ1n) is 6.93. The zero-order valence-electron chi connectivity index (χ0n) is 12.1. The number of hydrogen-bond acceptors (Lipinski definition) is 3. The summed E-state index contributed by atoms with van der Waals surface area (Å²) in [6.07, 6.45) is 5.92. The van der Waals surface area contributed by atoms with Gasteiger partial charge in [-0.15, -0.1) is 0 Å². The molecule has 0 atom stereocenters. The third-order valence-electron chi connectivity index (χ3n) is 3.66. The second kappa shape index (κ2) is 5.60. The summed E-state index contributed by atoms with van der Waals surface area (Å²) >= 11 is 3.44. The first-order chi connectivity index (χ1) is 10.0. The van der Waals surface area contributed by atoms with Gasteiger partial charge in [0, 0.05) is 42.6 Å². The smallest absolute Gasteiger partial charge is 0.272 e. The van der Waals surface area contributed by atoms with E-state index in [-0.39, 0.29) is 5.91 Å². The molecule has 0 bridgehead atoms. The van der Waals surface area contributed by atoms with Crippen molar-refractivity contribution in [2.75, 3.05) is 7.05 Å². The van der Waals surface area contributed by atoms with Crippen molar-refractivity contribution in [3.63, 3.8) is 0 Å². The molecule has 2 aromatic rings. The summed E-state index contributed by atoms with van der Waals surface area (Å²) in [6, 6.07) is 3.70. The highest BCUT2D eigenvalue weighted by Crippen LogP contribution is 2.37. The fourth-order valence-corrected chi connectivity index (χ4v) is 2.84. The number of aromatic nitrogens is 3. The Labute approximate surface area is 132 Å². The van der Waals surface area contributed by atoms with Crippen molar-refractivity contribution in [2.24, 2.45) is 7.05 Å². The molecule has 1 fully saturated rings. The lowest BCUT2D eigenvalue weighted by molar-refractivity contribution is 0.0776. The third-order valence-corrected chi connectivity index (χ3v) is 4.09. The molecule has 0 unspecified atom stereocenters. The fourth-order valence-electron chi connectivity index (χ4n) is 2.26. The molecular weight excluding hydrogens is 332 g/mol. The molecule has 2 heterocycles. The van der Waals surface area contributed by atoms with E-state index in [4.69, 9.17) is 0 Å². The van der Waals surface area contributed by atoms with E-state index in [1.54, 1.807) is 24.2 Å². The maximum atomic E-state index is 12.5. The molecule has 1 aliphatic carbocycles. The van der Waals surface area contributed by atoms with Crippen molar-refractivity contribution in [2.45, 2.75) is 25.3 Å². The van der Waals surface area contributed by atoms with Crippen LogP contribution in [0.2, 0.25) is 0 Å². The minimum absolute atomic E-state index is 0.0726. The second-order valence-electron chi connectivity index (χ2n) is 5.50. The van der Waals surface area contributed by atoms with Crippen molar-refractivity contribution < 1.29 is 4.79 Å². The summed E-state index contributed by atoms with van der Waals surface area (Å²) in [4.78, 5) is 22.8. The lowest BCUT2D eigenvalue weighted by Crippen LogP contribution is -2.28. The van der Waals surface area contributed by atoms with Gasteiger partial charge in [-0.25, -0.2) is 9.97 Å². The van der Waals surface area contributed by atoms with E-state index in [1.807, 2.05) is 23.9 Å². The Kier molecular flexibility index (Phi) is 3.80. The van der Waals surface area contributed by atoms with Gasteiger partial charge in [0.1, 0.15) is 11.5 Å². The van der Waals surface area contributed by atoms with E-state index in [2.05, 4.69) is 25.9 Å². The number of hydrogen-bond donors (Lipinski definition) is 0. The number of halogens is 1. The van der Waals surface area contributed by atoms with Crippen LogP contribution in [-0.2, 0) is 13.6 Å². The normalized spacial score (nSPS) is 14.2. The van der Waals surface area contributed by atoms with Gasteiger partial charge in [-0.2, -0.15) is 0 Å². The van der Waals surface area contributed by atoms with Crippen LogP contribution >= 0.6 is 15.9 Å². The fraction of sp³-hybridized carbons (Fsp3) is 0.400. The molecule has 3 rings (SSSR count). The number of carbonyl (C=O) groups is 1. The SMILES string of the molecule is CN(Cc1cc(Br)cn1C)C(=O)c1ccnc(C2CC2)n1. The van der Waals surface area contributed by atoms with Crippen LogP contribution in [0.25, 0.3) is 0 Å². The average Bonchev–Trinajstić information content (AvgIpc) is 3.25. The molecule has 0 N–H and O–H groups in total. The van der Waals surface area contributed by atoms with Crippen LogP contribution in [-0.4, -0.2) is 32.4 Å². The van der Waals surface area contributed by atoms with Crippen molar-refractivity contribution in [1.82, 2.24) is 19.4 Å². The number of amides is 1. The van der Waals surface area contributed by atoms with E-state index < -0.39 is 0 Å². The Morgan fingerprint density at radius 3 is 2.90 bits per heavy atom. The highest BCUT2D eigenvalue weighted by Gasteiger charge is 2.27. The predicted octanol–water partition coefficient (Wildman–Crippen LogP) is 2.73. The topological polar surface area (TPSA) is 51.0 Å². The maximum Gasteiger partial charge on any atom is 0.272 e. The lowest BCUT2D eigenvalue weighted by Gasteiger charge is -2.17. The maximum absolute atomic E-state index is 12.5. The largest absolute Gasteiger partial charge is 0.352 e. The van der Waals surface area contributed by atoms with Gasteiger partial charge < -0.3 is 9.47 Å². The molecule has 0 spiro atoms. The quantitative estimate of drug-likeness (QED) is 0.853. The summed E-state index contributed by atoms with van der Waals surface area (Å²) in [7, 11) is 3.76. The Bertz CT molecular complexity index is 678. The number of nitrogens with zero attached hydrogens (tertiary/aromatic N) is 4. The second-order valence-corrected chi connectivity index (χ2v) is 6.41. The van der Waals surface area contributed by atoms with E-state index in [0.29, 0.717) is 18.2 Å². The van der Waals surface area contributed by atoms with Gasteiger partial charge >= 0.3 is 0 Å². The Morgan fingerprint density at radius 2 is 2.29 bits per heavy atom. The molecule has 0 aliphatic heterocycles. The van der Waals surface area contributed by atoms with Crippen LogP contribution in [0.5, 0.6) is 0 Å². The Morgan fingerprint density at radius 1 is 1.52 bits per heavy atom. The van der Waals surface area contributed by atoms with Gasteiger partial charge in [-0.1, -0.05) is 0 Å². The van der Waals surface area contributed by atoms with Crippen molar-refractivity contribution in [1.29, 1.82) is 0 Å². The highest BCUT2D eigenvalue weighted by atomic mass is 79.9. The molecule has 0 saturated heterocycles. The van der Waals surface area contributed by atoms with Gasteiger partial charge in [0.2, 0.25) is 0 Å². The first kappa shape index (κ1) is 14.3. The summed E-state index contributed by atoms with van der Waals surface area (Å²) < 4.78 is 3.02. The zero-order chi connectivity index (χ0) is 15.0. The van der Waals surface area contributed by atoms with Gasteiger partial charge in [0.15, 0.2) is 0 Å². The summed E-state index contributed by atoms with van der Waals surface area (Å²) in [5.41, 5.74) is 1.54. The first-order valence-corrected chi connectivity index (χ1v) is 7.73. The lowest BCUT2D eigenvalue weighted by atomic mass is 10.3. The van der Waals surface area contributed by atoms with E-state index >= 15 is 0 Å². The summed E-state index contributed by atoms with van der Waals surface area (Å²) in [5, 5.41) is 0. The van der Waals surface area contributed by atoms with Crippen LogP contribution in [0.15, 0.2) is 29.0 Å². The molecule has 0 aromatic carbocycles. The third kappa shape index (κ3) is 3.15. The van der Waals surface area contributed by atoms with Crippen molar-refractivity contribution in [3.8, 4) is 0 Å². The van der Waals surface area contributed by atoms with Crippen molar-refractivity contribution >= 4 is 21.8 Å². The molecule has 1 aliphatic rings. The number of rotatable bonds is 4. The number of aryl methyl sites for hydroxylation is 1. The van der Waals surface area contributed by atoms with Crippen LogP contribution < -0.4 is 0 Å². The molecule has 21 heavy (non-hydrogen) atoms. The summed E-state index contributed by atoms with van der Waals surface area (Å²) in [6.45, 7) is 0.545. The van der Waals surface area contributed by atoms with Crippen molar-refractivity contribution in [3.05, 3.63) is 46.2 Å². The van der Waals surface area contributed by atoms with Gasteiger partial charge in [0.25, 0.3) is 5.91 Å². The van der Waals surface area contributed by atoms with Gasteiger partial charge in [0.05, 0.1) is 6.54 Å². The molecule has 2 aromatic heterocycles.